The molecule has 0 spiro atoms. The molecule has 0 atom stereocenters. The first-order chi connectivity index (χ1) is 7.18. The smallest absolute Gasteiger partial charge is 0.405 e. The zero-order valence-corrected chi connectivity index (χ0v) is 9.13. The minimum absolute atomic E-state index is 0.482. The van der Waals surface area contributed by atoms with Crippen molar-refractivity contribution < 1.29 is 9.53 Å². The van der Waals surface area contributed by atoms with E-state index in [2.05, 4.69) is 5.92 Å². The van der Waals surface area contributed by atoms with Gasteiger partial charge in [-0.15, -0.1) is 12.3 Å². The van der Waals surface area contributed by atoms with Crippen LogP contribution < -0.4 is 5.73 Å². The molecule has 0 aromatic heterocycles. The lowest BCUT2D eigenvalue weighted by molar-refractivity contribution is 0.0000192. The summed E-state index contributed by atoms with van der Waals surface area (Å²) in [6, 6.07) is 0. The monoisotopic (exact) mass is 209 g/mol. The Hall–Kier alpha value is -1.17. The fourth-order valence-corrected chi connectivity index (χ4v) is 2.26. The summed E-state index contributed by atoms with van der Waals surface area (Å²) in [4.78, 5) is 10.9. The lowest BCUT2D eigenvalue weighted by Gasteiger charge is -2.32. The summed E-state index contributed by atoms with van der Waals surface area (Å²) in [5.41, 5.74) is 4.61. The molecule has 0 aliphatic heterocycles. The van der Waals surface area contributed by atoms with Gasteiger partial charge >= 0.3 is 6.09 Å². The van der Waals surface area contributed by atoms with Crippen LogP contribution in [0.4, 0.5) is 4.79 Å². The number of hydrogen-bond acceptors (Lipinski definition) is 2. The Kier molecular flexibility index (Phi) is 4.48. The first-order valence-electron chi connectivity index (χ1n) is 5.60. The van der Waals surface area contributed by atoms with E-state index in [1.54, 1.807) is 0 Å². The molecule has 0 radical (unpaired) electrons. The molecule has 0 bridgehead atoms. The summed E-state index contributed by atoms with van der Waals surface area (Å²) in [6.07, 6.45) is 12.6. The highest BCUT2D eigenvalue weighted by Crippen LogP contribution is 2.32. The average molecular weight is 209 g/mol. The highest BCUT2D eigenvalue weighted by atomic mass is 16.6. The maximum atomic E-state index is 10.9. The molecule has 0 saturated heterocycles. The van der Waals surface area contributed by atoms with Crippen molar-refractivity contribution in [3.63, 3.8) is 0 Å². The van der Waals surface area contributed by atoms with Crippen LogP contribution in [0.5, 0.6) is 0 Å². The van der Waals surface area contributed by atoms with Crippen molar-refractivity contribution in [2.45, 2.75) is 57.0 Å². The lowest BCUT2D eigenvalue weighted by atomic mass is 9.84. The van der Waals surface area contributed by atoms with Crippen LogP contribution in [0.25, 0.3) is 0 Å². The molecular formula is C12H19NO2. The molecule has 0 unspecified atom stereocenters. The summed E-state index contributed by atoms with van der Waals surface area (Å²) in [6.45, 7) is 0. The van der Waals surface area contributed by atoms with Crippen LogP contribution in [0.3, 0.4) is 0 Å². The van der Waals surface area contributed by atoms with Gasteiger partial charge < -0.3 is 10.5 Å². The molecule has 1 saturated carbocycles. The SMILES string of the molecule is C#CCC1(OC(N)=O)CCCCCCC1. The predicted molar refractivity (Wildman–Crippen MR) is 59.2 cm³/mol. The predicted octanol–water partition coefficient (Wildman–Crippen LogP) is 2.59. The molecule has 0 aromatic carbocycles. The second-order valence-electron chi connectivity index (χ2n) is 4.25. The van der Waals surface area contributed by atoms with Gasteiger partial charge in [0.25, 0.3) is 0 Å². The molecule has 3 heteroatoms. The number of rotatable bonds is 2. The van der Waals surface area contributed by atoms with E-state index in [0.29, 0.717) is 6.42 Å². The van der Waals surface area contributed by atoms with Crippen LogP contribution in [-0.2, 0) is 4.74 Å². The van der Waals surface area contributed by atoms with E-state index in [9.17, 15) is 4.79 Å². The molecule has 3 nitrogen and oxygen atoms in total. The Balaban J connectivity index is 2.66. The number of primary amides is 1. The van der Waals surface area contributed by atoms with E-state index >= 15 is 0 Å². The third-order valence-electron chi connectivity index (χ3n) is 3.01. The zero-order chi connectivity index (χ0) is 11.1. The van der Waals surface area contributed by atoms with Crippen LogP contribution in [0.1, 0.15) is 51.4 Å². The van der Waals surface area contributed by atoms with Crippen LogP contribution in [0.15, 0.2) is 0 Å². The Morgan fingerprint density at radius 1 is 1.27 bits per heavy atom. The van der Waals surface area contributed by atoms with Crippen LogP contribution >= 0.6 is 0 Å². The van der Waals surface area contributed by atoms with E-state index in [4.69, 9.17) is 16.9 Å². The number of terminal acetylenes is 1. The molecule has 1 aliphatic rings. The van der Waals surface area contributed by atoms with Gasteiger partial charge in [0.1, 0.15) is 5.60 Å². The van der Waals surface area contributed by atoms with Gasteiger partial charge in [0.2, 0.25) is 0 Å². The van der Waals surface area contributed by atoms with Crippen molar-refractivity contribution in [1.29, 1.82) is 0 Å². The number of amides is 1. The number of carbonyl (C=O) groups excluding carboxylic acids is 1. The fourth-order valence-electron chi connectivity index (χ4n) is 2.26. The van der Waals surface area contributed by atoms with Crippen molar-refractivity contribution in [3.05, 3.63) is 0 Å². The minimum Gasteiger partial charge on any atom is -0.442 e. The summed E-state index contributed by atoms with van der Waals surface area (Å²) in [5.74, 6) is 2.60. The van der Waals surface area contributed by atoms with Gasteiger partial charge in [0.05, 0.1) is 0 Å². The van der Waals surface area contributed by atoms with Crippen molar-refractivity contribution in [2.24, 2.45) is 5.73 Å². The Labute approximate surface area is 91.4 Å². The Bertz CT molecular complexity index is 247. The number of nitrogens with two attached hydrogens (primary N) is 1. The van der Waals surface area contributed by atoms with Gasteiger partial charge in [-0.3, -0.25) is 0 Å². The highest BCUT2D eigenvalue weighted by Gasteiger charge is 2.32. The minimum atomic E-state index is -0.703. The standard InChI is InChI=1S/C12H19NO2/c1-2-8-12(15-11(13)14)9-6-4-3-5-7-10-12/h1H,3-10H2,(H2,13,14). The topological polar surface area (TPSA) is 52.3 Å². The molecule has 2 N–H and O–H groups in total. The summed E-state index contributed by atoms with van der Waals surface area (Å²) >= 11 is 0. The molecule has 1 aliphatic carbocycles. The number of hydrogen-bond donors (Lipinski definition) is 1. The average Bonchev–Trinajstić information content (AvgIpc) is 2.11. The van der Waals surface area contributed by atoms with Crippen molar-refractivity contribution >= 4 is 6.09 Å². The van der Waals surface area contributed by atoms with Crippen molar-refractivity contribution in [1.82, 2.24) is 0 Å². The van der Waals surface area contributed by atoms with Crippen molar-refractivity contribution in [2.75, 3.05) is 0 Å². The third kappa shape index (κ3) is 3.83. The van der Waals surface area contributed by atoms with Gasteiger partial charge in [-0.05, 0) is 25.7 Å². The second-order valence-corrected chi connectivity index (χ2v) is 4.25. The van der Waals surface area contributed by atoms with Crippen LogP contribution in [-0.4, -0.2) is 11.7 Å². The quantitative estimate of drug-likeness (QED) is 0.711. The maximum Gasteiger partial charge on any atom is 0.405 e. The highest BCUT2D eigenvalue weighted by molar-refractivity contribution is 5.65. The van der Waals surface area contributed by atoms with Gasteiger partial charge in [0, 0.05) is 6.42 Å². The van der Waals surface area contributed by atoms with Gasteiger partial charge in [0.15, 0.2) is 0 Å². The summed E-state index contributed by atoms with van der Waals surface area (Å²) in [5, 5.41) is 0. The maximum absolute atomic E-state index is 10.9. The van der Waals surface area contributed by atoms with E-state index in [1.165, 1.54) is 19.3 Å². The summed E-state index contributed by atoms with van der Waals surface area (Å²) < 4.78 is 5.25. The molecule has 1 fully saturated rings. The Morgan fingerprint density at radius 2 is 1.80 bits per heavy atom. The molecule has 0 heterocycles. The number of ether oxygens (including phenoxy) is 1. The van der Waals surface area contributed by atoms with Gasteiger partial charge in [-0.2, -0.15) is 0 Å². The van der Waals surface area contributed by atoms with Crippen molar-refractivity contribution in [3.8, 4) is 12.3 Å². The molecule has 1 amide bonds. The van der Waals surface area contributed by atoms with E-state index in [-0.39, 0.29) is 0 Å². The van der Waals surface area contributed by atoms with Gasteiger partial charge in [-0.25, -0.2) is 4.79 Å². The van der Waals surface area contributed by atoms with Crippen LogP contribution in [0.2, 0.25) is 0 Å². The molecule has 1 rings (SSSR count). The summed E-state index contributed by atoms with van der Waals surface area (Å²) in [7, 11) is 0. The Morgan fingerprint density at radius 3 is 2.27 bits per heavy atom. The first-order valence-corrected chi connectivity index (χ1v) is 5.60. The largest absolute Gasteiger partial charge is 0.442 e. The van der Waals surface area contributed by atoms with Gasteiger partial charge in [-0.1, -0.05) is 19.3 Å². The van der Waals surface area contributed by atoms with Crippen LogP contribution in [0, 0.1) is 12.3 Å². The van der Waals surface area contributed by atoms with E-state index < -0.39 is 11.7 Å². The fraction of sp³-hybridized carbons (Fsp3) is 0.750. The second kappa shape index (κ2) is 5.65. The molecular weight excluding hydrogens is 190 g/mol. The molecule has 15 heavy (non-hydrogen) atoms. The lowest BCUT2D eigenvalue weighted by Crippen LogP contribution is -2.37. The van der Waals surface area contributed by atoms with E-state index in [1.807, 2.05) is 0 Å². The molecule has 84 valence electrons. The number of carbonyl (C=O) groups is 1. The molecule has 0 aromatic rings. The third-order valence-corrected chi connectivity index (χ3v) is 3.01. The zero-order valence-electron chi connectivity index (χ0n) is 9.13. The first kappa shape index (κ1) is 11.9. The van der Waals surface area contributed by atoms with E-state index in [0.717, 1.165) is 25.7 Å². The normalized spacial score (nSPS) is 20.7.